The Morgan fingerprint density at radius 2 is 1.96 bits per heavy atom. The van der Waals surface area contributed by atoms with E-state index in [1.165, 1.54) is 4.31 Å². The number of pyridine rings is 1. The van der Waals surface area contributed by atoms with Crippen molar-refractivity contribution in [3.05, 3.63) is 18.3 Å². The minimum absolute atomic E-state index is 0.178. The van der Waals surface area contributed by atoms with Crippen molar-refractivity contribution in [2.75, 3.05) is 36.1 Å². The van der Waals surface area contributed by atoms with Crippen molar-refractivity contribution in [2.24, 2.45) is 11.7 Å². The van der Waals surface area contributed by atoms with Crippen LogP contribution >= 0.6 is 0 Å². The highest BCUT2D eigenvalue weighted by Crippen LogP contribution is 2.24. The highest BCUT2D eigenvalue weighted by Gasteiger charge is 2.34. The Morgan fingerprint density at radius 3 is 2.61 bits per heavy atom. The lowest BCUT2D eigenvalue weighted by Crippen LogP contribution is -2.49. The number of rotatable bonds is 5. The number of nitrogens with zero attached hydrogens (tertiary/aromatic N) is 3. The molecule has 1 aromatic rings. The first-order valence-electron chi connectivity index (χ1n) is 9.53. The molecule has 2 fully saturated rings. The number of sulfonamides is 1. The number of carbonyl (C=O) groups excluding carboxylic acids is 2. The Bertz CT molecular complexity index is 827. The summed E-state index contributed by atoms with van der Waals surface area (Å²) in [5.74, 6) is -0.0921. The number of hydrogen-bond acceptors (Lipinski definition) is 6. The van der Waals surface area contributed by atoms with Gasteiger partial charge in [-0.1, -0.05) is 6.42 Å². The highest BCUT2D eigenvalue weighted by atomic mass is 32.2. The molecule has 1 aromatic heterocycles. The van der Waals surface area contributed by atoms with Crippen LogP contribution in [0.2, 0.25) is 0 Å². The normalized spacial score (nSPS) is 24.0. The first-order valence-corrected chi connectivity index (χ1v) is 11.4. The summed E-state index contributed by atoms with van der Waals surface area (Å²) in [4.78, 5) is 30.5. The van der Waals surface area contributed by atoms with Crippen molar-refractivity contribution in [1.82, 2.24) is 9.29 Å². The van der Waals surface area contributed by atoms with Crippen molar-refractivity contribution >= 4 is 33.3 Å². The van der Waals surface area contributed by atoms with Crippen LogP contribution in [-0.4, -0.2) is 61.5 Å². The van der Waals surface area contributed by atoms with Crippen molar-refractivity contribution in [2.45, 2.75) is 38.1 Å². The molecule has 0 saturated carbocycles. The average Bonchev–Trinajstić information content (AvgIpc) is 2.68. The van der Waals surface area contributed by atoms with Gasteiger partial charge in [0.15, 0.2) is 0 Å². The van der Waals surface area contributed by atoms with E-state index in [9.17, 15) is 18.0 Å². The number of aromatic nitrogens is 1. The molecular weight excluding hydrogens is 382 g/mol. The first-order chi connectivity index (χ1) is 13.3. The number of piperidine rings is 2. The molecule has 28 heavy (non-hydrogen) atoms. The third kappa shape index (κ3) is 4.79. The quantitative estimate of drug-likeness (QED) is 0.731. The van der Waals surface area contributed by atoms with Crippen molar-refractivity contribution < 1.29 is 18.0 Å². The molecule has 2 aliphatic heterocycles. The van der Waals surface area contributed by atoms with Gasteiger partial charge in [-0.2, -0.15) is 4.31 Å². The van der Waals surface area contributed by atoms with E-state index >= 15 is 0 Å². The highest BCUT2D eigenvalue weighted by molar-refractivity contribution is 7.88. The summed E-state index contributed by atoms with van der Waals surface area (Å²) in [5.41, 5.74) is 5.93. The Balaban J connectivity index is 1.65. The lowest BCUT2D eigenvalue weighted by atomic mass is 9.97. The van der Waals surface area contributed by atoms with Gasteiger partial charge in [0.1, 0.15) is 11.9 Å². The first kappa shape index (κ1) is 20.5. The van der Waals surface area contributed by atoms with Gasteiger partial charge < -0.3 is 16.0 Å². The van der Waals surface area contributed by atoms with Crippen LogP contribution in [0.5, 0.6) is 0 Å². The molecule has 10 heteroatoms. The largest absolute Gasteiger partial charge is 0.369 e. The molecule has 3 heterocycles. The molecule has 2 unspecified atom stereocenters. The Kier molecular flexibility index (Phi) is 6.19. The van der Waals surface area contributed by atoms with Crippen LogP contribution < -0.4 is 16.0 Å². The lowest BCUT2D eigenvalue weighted by molar-refractivity contribution is -0.122. The average molecular weight is 410 g/mol. The number of carbonyl (C=O) groups is 2. The predicted molar refractivity (Wildman–Crippen MR) is 106 cm³/mol. The van der Waals surface area contributed by atoms with Gasteiger partial charge in [-0.15, -0.1) is 0 Å². The van der Waals surface area contributed by atoms with E-state index < -0.39 is 16.1 Å². The molecule has 2 atom stereocenters. The van der Waals surface area contributed by atoms with E-state index in [1.807, 2.05) is 4.90 Å². The predicted octanol–water partition coefficient (Wildman–Crippen LogP) is 0.536. The van der Waals surface area contributed by atoms with E-state index in [2.05, 4.69) is 10.3 Å². The summed E-state index contributed by atoms with van der Waals surface area (Å²) in [6.07, 6.45) is 6.43. The molecule has 2 saturated heterocycles. The Hall–Kier alpha value is -2.20. The monoisotopic (exact) mass is 409 g/mol. The fourth-order valence-electron chi connectivity index (χ4n) is 3.85. The summed E-state index contributed by atoms with van der Waals surface area (Å²) in [5, 5.41) is 2.77. The summed E-state index contributed by atoms with van der Waals surface area (Å²) >= 11 is 0. The van der Waals surface area contributed by atoms with Crippen LogP contribution in [0.4, 0.5) is 11.5 Å². The minimum atomic E-state index is -3.43. The smallest absolute Gasteiger partial charge is 0.242 e. The maximum absolute atomic E-state index is 12.6. The maximum atomic E-state index is 12.6. The van der Waals surface area contributed by atoms with Crippen LogP contribution in [-0.2, 0) is 19.6 Å². The number of primary amides is 1. The SMILES string of the molecule is CS(=O)(=O)N1CCCCC1C(=O)Nc1ccc(N2CCCC(C(N)=O)C2)nc1. The molecule has 2 amide bonds. The number of amides is 2. The second kappa shape index (κ2) is 8.44. The molecule has 0 aliphatic carbocycles. The molecule has 3 rings (SSSR count). The zero-order valence-electron chi connectivity index (χ0n) is 16.0. The van der Waals surface area contributed by atoms with Crippen molar-refractivity contribution in [1.29, 1.82) is 0 Å². The molecule has 0 radical (unpaired) electrons. The van der Waals surface area contributed by atoms with E-state index in [1.54, 1.807) is 18.3 Å². The summed E-state index contributed by atoms with van der Waals surface area (Å²) < 4.78 is 25.2. The Labute approximate surface area is 165 Å². The van der Waals surface area contributed by atoms with E-state index in [4.69, 9.17) is 5.73 Å². The fraction of sp³-hybridized carbons (Fsp3) is 0.611. The van der Waals surface area contributed by atoms with Crippen LogP contribution in [0, 0.1) is 5.92 Å². The van der Waals surface area contributed by atoms with Crippen LogP contribution in [0.25, 0.3) is 0 Å². The Morgan fingerprint density at radius 1 is 1.18 bits per heavy atom. The van der Waals surface area contributed by atoms with Gasteiger partial charge in [-0.3, -0.25) is 9.59 Å². The fourth-order valence-corrected chi connectivity index (χ4v) is 4.98. The van der Waals surface area contributed by atoms with Gasteiger partial charge in [0, 0.05) is 19.6 Å². The summed E-state index contributed by atoms with van der Waals surface area (Å²) in [6, 6.07) is 2.83. The van der Waals surface area contributed by atoms with Crippen LogP contribution in [0.15, 0.2) is 18.3 Å². The summed E-state index contributed by atoms with van der Waals surface area (Å²) in [7, 11) is -3.43. The number of hydrogen-bond donors (Lipinski definition) is 2. The second-order valence-electron chi connectivity index (χ2n) is 7.47. The van der Waals surface area contributed by atoms with Crippen molar-refractivity contribution in [3.63, 3.8) is 0 Å². The third-order valence-electron chi connectivity index (χ3n) is 5.35. The zero-order chi connectivity index (χ0) is 20.3. The number of anilines is 2. The van der Waals surface area contributed by atoms with Crippen molar-refractivity contribution in [3.8, 4) is 0 Å². The molecule has 0 bridgehead atoms. The molecule has 154 valence electrons. The van der Waals surface area contributed by atoms with Crippen LogP contribution in [0.3, 0.4) is 0 Å². The lowest BCUT2D eigenvalue weighted by Gasteiger charge is -2.33. The van der Waals surface area contributed by atoms with Gasteiger partial charge in [-0.25, -0.2) is 13.4 Å². The zero-order valence-corrected chi connectivity index (χ0v) is 16.8. The molecule has 0 spiro atoms. The summed E-state index contributed by atoms with van der Waals surface area (Å²) in [6.45, 7) is 1.71. The van der Waals surface area contributed by atoms with E-state index in [0.717, 1.165) is 44.3 Å². The van der Waals surface area contributed by atoms with E-state index in [-0.39, 0.29) is 17.7 Å². The molecule has 0 aromatic carbocycles. The molecule has 9 nitrogen and oxygen atoms in total. The number of nitrogens with one attached hydrogen (secondary N) is 1. The van der Waals surface area contributed by atoms with Gasteiger partial charge in [0.25, 0.3) is 0 Å². The third-order valence-corrected chi connectivity index (χ3v) is 6.63. The van der Waals surface area contributed by atoms with Gasteiger partial charge in [-0.05, 0) is 37.8 Å². The topological polar surface area (TPSA) is 126 Å². The maximum Gasteiger partial charge on any atom is 0.242 e. The van der Waals surface area contributed by atoms with Gasteiger partial charge in [0.2, 0.25) is 21.8 Å². The minimum Gasteiger partial charge on any atom is -0.369 e. The van der Waals surface area contributed by atoms with Crippen LogP contribution in [0.1, 0.15) is 32.1 Å². The molecule has 3 N–H and O–H groups in total. The second-order valence-corrected chi connectivity index (χ2v) is 9.40. The van der Waals surface area contributed by atoms with Gasteiger partial charge in [0.05, 0.1) is 24.1 Å². The number of nitrogens with two attached hydrogens (primary N) is 1. The molecular formula is C18H27N5O4S. The van der Waals surface area contributed by atoms with Gasteiger partial charge >= 0.3 is 0 Å². The standard InChI is InChI=1S/C18H27N5O4S/c1-28(26,27)23-10-3-2-6-15(23)18(25)21-14-7-8-16(20-11-14)22-9-4-5-13(12-22)17(19)24/h7-8,11,13,15H,2-6,9-10,12H2,1H3,(H2,19,24)(H,21,25). The van der Waals surface area contributed by atoms with E-state index in [0.29, 0.717) is 25.2 Å². The molecule has 2 aliphatic rings.